The number of benzene rings is 1. The van der Waals surface area contributed by atoms with E-state index in [2.05, 4.69) is 10.3 Å². The summed E-state index contributed by atoms with van der Waals surface area (Å²) in [6.45, 7) is 7.28. The van der Waals surface area contributed by atoms with Crippen LogP contribution in [-0.4, -0.2) is 26.4 Å². The molecule has 7 heteroatoms. The Morgan fingerprint density at radius 1 is 1.19 bits per heavy atom. The summed E-state index contributed by atoms with van der Waals surface area (Å²) in [4.78, 5) is 40.0. The van der Waals surface area contributed by atoms with Crippen LogP contribution < -0.4 is 10.9 Å². The molecule has 0 bridgehead atoms. The Kier molecular flexibility index (Phi) is 4.02. The maximum absolute atomic E-state index is 12.4. The molecule has 3 aromatic rings. The number of carbonyl (C=O) groups excluding carboxylic acids is 1. The van der Waals surface area contributed by atoms with Crippen molar-refractivity contribution in [2.45, 2.75) is 27.7 Å². The van der Waals surface area contributed by atoms with Gasteiger partial charge in [0.1, 0.15) is 11.2 Å². The molecule has 0 aliphatic rings. The van der Waals surface area contributed by atoms with Crippen molar-refractivity contribution in [3.63, 3.8) is 0 Å². The smallest absolute Gasteiger partial charge is 0.342 e. The number of aromatic nitrogens is 2. The number of pyridine rings is 1. The molecule has 2 heterocycles. The van der Waals surface area contributed by atoms with E-state index in [0.717, 1.165) is 17.1 Å². The molecule has 2 N–H and O–H groups in total. The lowest BCUT2D eigenvalue weighted by Gasteiger charge is -2.18. The number of aryl methyl sites for hydroxylation is 1. The van der Waals surface area contributed by atoms with Gasteiger partial charge in [-0.2, -0.15) is 0 Å². The molecule has 2 aromatic heterocycles. The number of hydrogen-bond donors (Lipinski definition) is 2. The highest BCUT2D eigenvalue weighted by Gasteiger charge is 2.21. The Morgan fingerprint density at radius 3 is 2.50 bits per heavy atom. The average molecular weight is 353 g/mol. The van der Waals surface area contributed by atoms with Crippen LogP contribution in [0.4, 0.5) is 5.69 Å². The van der Waals surface area contributed by atoms with Gasteiger partial charge in [-0.1, -0.05) is 26.8 Å². The van der Waals surface area contributed by atoms with Gasteiger partial charge in [-0.15, -0.1) is 0 Å². The fourth-order valence-corrected chi connectivity index (χ4v) is 2.67. The second-order valence-corrected chi connectivity index (χ2v) is 7.25. The Labute approximate surface area is 149 Å². The quantitative estimate of drug-likeness (QED) is 0.690. The minimum Gasteiger partial charge on any atom is -0.477 e. The molecule has 0 fully saturated rings. The first-order valence-electron chi connectivity index (χ1n) is 8.09. The van der Waals surface area contributed by atoms with Gasteiger partial charge in [0.2, 0.25) is 5.91 Å². The van der Waals surface area contributed by atoms with Gasteiger partial charge in [-0.25, -0.2) is 9.78 Å². The summed E-state index contributed by atoms with van der Waals surface area (Å²) in [5.41, 5.74) is 0.145. The van der Waals surface area contributed by atoms with Gasteiger partial charge in [-0.05, 0) is 30.0 Å². The molecule has 1 aromatic carbocycles. The van der Waals surface area contributed by atoms with Crippen LogP contribution in [0, 0.1) is 12.3 Å². The van der Waals surface area contributed by atoms with Gasteiger partial charge in [-0.3, -0.25) is 14.0 Å². The molecule has 3 rings (SSSR count). The van der Waals surface area contributed by atoms with E-state index in [1.807, 2.05) is 33.8 Å². The molecule has 0 saturated carbocycles. The summed E-state index contributed by atoms with van der Waals surface area (Å²) in [6, 6.07) is 5.38. The lowest BCUT2D eigenvalue weighted by molar-refractivity contribution is -0.123. The van der Waals surface area contributed by atoms with E-state index in [-0.39, 0.29) is 5.91 Å². The monoisotopic (exact) mass is 353 g/mol. The molecular weight excluding hydrogens is 334 g/mol. The molecular formula is C19H19N3O4. The number of nitrogens with one attached hydrogen (secondary N) is 1. The number of aromatic carboxylic acids is 1. The lowest BCUT2D eigenvalue weighted by Crippen LogP contribution is -2.27. The zero-order chi connectivity index (χ0) is 19.2. The van der Waals surface area contributed by atoms with E-state index in [9.17, 15) is 14.4 Å². The molecule has 0 spiro atoms. The van der Waals surface area contributed by atoms with Crippen LogP contribution in [-0.2, 0) is 4.79 Å². The SMILES string of the molecule is Cc1cn2c(=O)c(C(=O)O)cnc2c2cc(NC(=O)C(C)(C)C)ccc12. The number of fused-ring (bicyclic) bond motifs is 3. The van der Waals surface area contributed by atoms with Gasteiger partial charge in [0.25, 0.3) is 5.56 Å². The first-order chi connectivity index (χ1) is 12.1. The van der Waals surface area contributed by atoms with Crippen LogP contribution in [0.3, 0.4) is 0 Å². The minimum atomic E-state index is -1.32. The Hall–Kier alpha value is -3.22. The number of carbonyl (C=O) groups is 2. The van der Waals surface area contributed by atoms with Crippen LogP contribution in [0.2, 0.25) is 0 Å². The third kappa shape index (κ3) is 2.92. The lowest BCUT2D eigenvalue weighted by atomic mass is 9.95. The topological polar surface area (TPSA) is 101 Å². The molecule has 0 aliphatic heterocycles. The molecule has 0 aliphatic carbocycles. The number of nitrogens with zero attached hydrogens (tertiary/aromatic N) is 2. The van der Waals surface area contributed by atoms with Crippen molar-refractivity contribution < 1.29 is 14.7 Å². The van der Waals surface area contributed by atoms with Crippen LogP contribution in [0.15, 0.2) is 35.4 Å². The predicted octanol–water partition coefficient (Wildman–Crippen LogP) is 2.84. The zero-order valence-electron chi connectivity index (χ0n) is 15.0. The molecule has 0 saturated heterocycles. The first-order valence-corrected chi connectivity index (χ1v) is 8.09. The van der Waals surface area contributed by atoms with E-state index < -0.39 is 22.5 Å². The van der Waals surface area contributed by atoms with Gasteiger partial charge in [0, 0.05) is 28.9 Å². The molecule has 0 atom stereocenters. The van der Waals surface area contributed by atoms with E-state index in [1.54, 1.807) is 18.3 Å². The number of carboxylic acid groups (broad SMARTS) is 1. The normalized spacial score (nSPS) is 11.7. The van der Waals surface area contributed by atoms with Crippen molar-refractivity contribution in [2.24, 2.45) is 5.41 Å². The largest absolute Gasteiger partial charge is 0.477 e. The van der Waals surface area contributed by atoms with E-state index >= 15 is 0 Å². The fraction of sp³-hybridized carbons (Fsp3) is 0.263. The van der Waals surface area contributed by atoms with E-state index in [1.165, 1.54) is 4.40 Å². The van der Waals surface area contributed by atoms with Gasteiger partial charge in [0.15, 0.2) is 0 Å². The van der Waals surface area contributed by atoms with Crippen molar-refractivity contribution in [2.75, 3.05) is 5.32 Å². The number of rotatable bonds is 2. The summed E-state index contributed by atoms with van der Waals surface area (Å²) in [6.07, 6.45) is 2.64. The molecule has 26 heavy (non-hydrogen) atoms. The fourth-order valence-electron chi connectivity index (χ4n) is 2.67. The number of amides is 1. The number of anilines is 1. The zero-order valence-corrected chi connectivity index (χ0v) is 15.0. The standard InChI is InChI=1S/C19H19N3O4/c1-10-9-22-15(20-8-14(16(22)23)17(24)25)13-7-11(5-6-12(10)13)21-18(26)19(2,3)4/h5-9H,1-4H3,(H,21,26)(H,24,25). The van der Waals surface area contributed by atoms with E-state index in [4.69, 9.17) is 5.11 Å². The highest BCUT2D eigenvalue weighted by atomic mass is 16.4. The van der Waals surface area contributed by atoms with Gasteiger partial charge < -0.3 is 10.4 Å². The second kappa shape index (κ2) is 5.94. The summed E-state index contributed by atoms with van der Waals surface area (Å²) in [5, 5.41) is 13.5. The number of hydrogen-bond acceptors (Lipinski definition) is 4. The average Bonchev–Trinajstić information content (AvgIpc) is 2.54. The highest BCUT2D eigenvalue weighted by molar-refractivity contribution is 6.01. The van der Waals surface area contributed by atoms with Gasteiger partial charge >= 0.3 is 5.97 Å². The summed E-state index contributed by atoms with van der Waals surface area (Å²) in [7, 11) is 0. The molecule has 7 nitrogen and oxygen atoms in total. The van der Waals surface area contributed by atoms with E-state index in [0.29, 0.717) is 16.7 Å². The third-order valence-electron chi connectivity index (χ3n) is 4.17. The molecule has 0 radical (unpaired) electrons. The van der Waals surface area contributed by atoms with Crippen LogP contribution >= 0.6 is 0 Å². The van der Waals surface area contributed by atoms with Crippen molar-refractivity contribution in [1.29, 1.82) is 0 Å². The van der Waals surface area contributed by atoms with Crippen molar-refractivity contribution in [3.05, 3.63) is 52.1 Å². The number of carboxylic acids is 1. The van der Waals surface area contributed by atoms with Crippen LogP contribution in [0.1, 0.15) is 36.7 Å². The van der Waals surface area contributed by atoms with Crippen LogP contribution in [0.25, 0.3) is 16.4 Å². The molecule has 0 unspecified atom stereocenters. The van der Waals surface area contributed by atoms with Crippen molar-refractivity contribution in [1.82, 2.24) is 9.38 Å². The Bertz CT molecular complexity index is 1120. The molecule has 134 valence electrons. The minimum absolute atomic E-state index is 0.132. The second-order valence-electron chi connectivity index (χ2n) is 7.25. The van der Waals surface area contributed by atoms with Crippen molar-refractivity contribution >= 4 is 34.0 Å². The third-order valence-corrected chi connectivity index (χ3v) is 4.17. The van der Waals surface area contributed by atoms with Crippen LogP contribution in [0.5, 0.6) is 0 Å². The summed E-state index contributed by atoms with van der Waals surface area (Å²) in [5.74, 6) is -1.45. The summed E-state index contributed by atoms with van der Waals surface area (Å²) >= 11 is 0. The molecule has 1 amide bonds. The van der Waals surface area contributed by atoms with Gasteiger partial charge in [0.05, 0.1) is 0 Å². The highest BCUT2D eigenvalue weighted by Crippen LogP contribution is 2.26. The first kappa shape index (κ1) is 17.6. The maximum Gasteiger partial charge on any atom is 0.342 e. The predicted molar refractivity (Wildman–Crippen MR) is 98.7 cm³/mol. The summed E-state index contributed by atoms with van der Waals surface area (Å²) < 4.78 is 1.23. The maximum atomic E-state index is 12.4. The van der Waals surface area contributed by atoms with Crippen molar-refractivity contribution in [3.8, 4) is 0 Å². The Morgan fingerprint density at radius 2 is 1.88 bits per heavy atom. The Balaban J connectivity index is 2.26.